The lowest BCUT2D eigenvalue weighted by Gasteiger charge is -2.29. The Bertz CT molecular complexity index is 6090. The topological polar surface area (TPSA) is 171 Å². The largest absolute Gasteiger partial charge is 0.490 e. The standard InChI is InChI=1S/C13H19NO.C13H15N.C13H16O2.C12H15FO2.C12H14N2.2C11H14O2.3C9H7N.3C5H12.C2H6/c1-13(2,3)10-5-6-11-12(9-10)15-8-7-14(11)4;1-13(2,3)12-6-4-5-10-9-14-8-7-11(10)12;1-13(2,3)11-5-4-6-12-10(11)7-9(14)8-15-12;1-11(2,3)8-6-5-7-9-10(8)15-12(4,13)14-9;1-12(2,3)9-5-4-6-10-11(9)14-8-7-13-10;1-11(2,3)8-4-5-9-10(6-8)13-7-12-9;1-11(2,3)8-5-4-6-9-10(8)13-7-12-9;2*1-2-6-9-8(4-1)5-3-7-10-9;1-2-4-9-7-10-6-5-8(9)3-1;3*1-5(2,3)4;1-2/h5-6,9H,7-8H2,1-4H3;4-9H,1-3H3;4-6H,7-8H2,1-3H3;5-7H,1-4H3;4-8H,1-3H3;2*4-6H,7H2,1-3H3;3*1-7H;3*1-4H3;1-2H3. The molecule has 0 N–H and O–H groups in total. The molecule has 15 aromatic rings. The van der Waals surface area contributed by atoms with Crippen LogP contribution in [0.2, 0.25) is 0 Å². The van der Waals surface area contributed by atoms with Crippen molar-refractivity contribution in [2.24, 2.45) is 16.2 Å². The zero-order valence-electron chi connectivity index (χ0n) is 95.1. The van der Waals surface area contributed by atoms with Gasteiger partial charge in [0.1, 0.15) is 24.7 Å². The van der Waals surface area contributed by atoms with Gasteiger partial charge < -0.3 is 42.8 Å². The molecule has 0 amide bonds. The maximum Gasteiger partial charge on any atom is 0.404 e. The molecule has 10 heterocycles. The van der Waals surface area contributed by atoms with Crippen molar-refractivity contribution in [2.45, 2.75) is 300 Å². The first-order chi connectivity index (χ1) is 68.0. The molecule has 10 aromatic carbocycles. The second-order valence-electron chi connectivity index (χ2n) is 48.5. The van der Waals surface area contributed by atoms with Crippen LogP contribution >= 0.6 is 0 Å². The van der Waals surface area contributed by atoms with Gasteiger partial charge in [0, 0.05) is 103 Å². The van der Waals surface area contributed by atoms with Crippen LogP contribution in [0.3, 0.4) is 0 Å². The quantitative estimate of drug-likeness (QED) is 0.140. The van der Waals surface area contributed by atoms with Crippen LogP contribution in [-0.4, -0.2) is 82.1 Å². The maximum absolute atomic E-state index is 13.5. The average molecular weight is 1980 g/mol. The summed E-state index contributed by atoms with van der Waals surface area (Å²) in [6, 6.07) is 77.2. The number of hydrogen-bond donors (Lipinski definition) is 0. The summed E-state index contributed by atoms with van der Waals surface area (Å²) in [5, 5.41) is 7.38. The van der Waals surface area contributed by atoms with Crippen LogP contribution in [0.5, 0.6) is 46.0 Å². The SMILES string of the molecule is CC.CC(C)(C)C.CC(C)(C)C.CC(C)(C)C.CC(C)(C)c1ccc2c(c1)OCO2.CC(C)(C)c1cccc2c1CC(=O)CO2.CC(C)(C)c1cccc2c1OCO2.CC(C)(C)c1cccc2cnccc12.CC(C)(C)c1cccc2nccnc12.CC1(F)Oc2cccc(C(C)(C)C)c2O1.CN1CCOc2cc(C(C)(C)C)ccc21.c1ccc2cnccc2c1.c1ccc2ncccc2c1.c1ccc2ncccc2c1. The first-order valence-corrected chi connectivity index (χ1v) is 51.2. The summed E-state index contributed by atoms with van der Waals surface area (Å²) in [6.07, 6.45) is 15.1. The van der Waals surface area contributed by atoms with Crippen molar-refractivity contribution in [1.29, 1.82) is 0 Å². The van der Waals surface area contributed by atoms with Gasteiger partial charge in [-0.2, -0.15) is 4.39 Å². The Morgan fingerprint density at radius 1 is 0.315 bits per heavy atom. The van der Waals surface area contributed by atoms with E-state index in [-0.39, 0.29) is 50.3 Å². The molecule has 0 saturated heterocycles. The number of Topliss-reactive ketones (excluding diaryl/α,β-unsaturated/α-hetero) is 1. The van der Waals surface area contributed by atoms with Gasteiger partial charge in [-0.1, -0.05) is 394 Å². The zero-order valence-corrected chi connectivity index (χ0v) is 95.1. The normalized spacial score (nSPS) is 14.0. The number of carbonyl (C=O) groups is 1. The highest BCUT2D eigenvalue weighted by Gasteiger charge is 2.40. The lowest BCUT2D eigenvalue weighted by Crippen LogP contribution is -2.29. The average Bonchev–Trinajstić information content (AvgIpc) is 1.57. The molecule has 0 bridgehead atoms. The molecule has 1 unspecified atom stereocenters. The first-order valence-electron chi connectivity index (χ1n) is 51.2. The van der Waals surface area contributed by atoms with Gasteiger partial charge in [0.25, 0.3) is 0 Å². The molecule has 20 rings (SSSR count). The number of halogens is 1. The van der Waals surface area contributed by atoms with Gasteiger partial charge >= 0.3 is 6.04 Å². The third kappa shape index (κ3) is 40.4. The van der Waals surface area contributed by atoms with Crippen molar-refractivity contribution >= 4 is 65.9 Å². The smallest absolute Gasteiger partial charge is 0.404 e. The minimum absolute atomic E-state index is 0.0618. The monoisotopic (exact) mass is 1980 g/mol. The molecule has 17 heteroatoms. The molecule has 1 atom stereocenters. The number of benzene rings is 10. The van der Waals surface area contributed by atoms with Crippen molar-refractivity contribution < 1.29 is 47.1 Å². The van der Waals surface area contributed by atoms with Gasteiger partial charge in [-0.25, -0.2) is 0 Å². The molecule has 16 nitrogen and oxygen atoms in total. The Morgan fingerprint density at radius 2 is 0.719 bits per heavy atom. The summed E-state index contributed by atoms with van der Waals surface area (Å²) < 4.78 is 56.1. The molecule has 0 fully saturated rings. The zero-order chi connectivity index (χ0) is 109. The van der Waals surface area contributed by atoms with Crippen LogP contribution < -0.4 is 42.8 Å². The number of ether oxygens (including phenoxy) is 8. The Kier molecular flexibility index (Phi) is 43.4. The van der Waals surface area contributed by atoms with Crippen molar-refractivity contribution in [3.63, 3.8) is 0 Å². The van der Waals surface area contributed by atoms with Gasteiger partial charge in [-0.15, -0.1) is 0 Å². The second kappa shape index (κ2) is 52.9. The van der Waals surface area contributed by atoms with E-state index in [4.69, 9.17) is 37.9 Å². The van der Waals surface area contributed by atoms with Crippen LogP contribution in [0, 0.1) is 16.2 Å². The van der Waals surface area contributed by atoms with E-state index in [1.165, 1.54) is 78.3 Å². The van der Waals surface area contributed by atoms with E-state index >= 15 is 0 Å². The van der Waals surface area contributed by atoms with E-state index in [1.54, 1.807) is 18.5 Å². The molecule has 0 radical (unpaired) electrons. The summed E-state index contributed by atoms with van der Waals surface area (Å²) in [6.45, 7) is 79.9. The summed E-state index contributed by atoms with van der Waals surface area (Å²) in [5.41, 5.74) is 17.3. The molecule has 0 spiro atoms. The van der Waals surface area contributed by atoms with Gasteiger partial charge in [0.15, 0.2) is 40.3 Å². The van der Waals surface area contributed by atoms with Crippen LogP contribution in [0.1, 0.15) is 294 Å². The number of anilines is 1. The number of pyridine rings is 4. The van der Waals surface area contributed by atoms with Crippen LogP contribution in [-0.2, 0) is 49.1 Å². The number of fused-ring (bicyclic) bond motifs is 10. The number of nitrogens with zero attached hydrogens (tertiary/aromatic N) is 7. The minimum Gasteiger partial charge on any atom is -0.490 e. The Morgan fingerprint density at radius 3 is 1.25 bits per heavy atom. The number of alkyl halides is 1. The van der Waals surface area contributed by atoms with Gasteiger partial charge in [0.05, 0.1) is 34.3 Å². The van der Waals surface area contributed by atoms with Crippen molar-refractivity contribution in [3.05, 3.63) is 331 Å². The van der Waals surface area contributed by atoms with E-state index in [0.29, 0.717) is 47.8 Å². The van der Waals surface area contributed by atoms with E-state index in [2.05, 4.69) is 380 Å². The van der Waals surface area contributed by atoms with Crippen LogP contribution in [0.4, 0.5) is 10.1 Å². The number of para-hydroxylation sites is 5. The molecule has 0 saturated carbocycles. The predicted octanol–water partition coefficient (Wildman–Crippen LogP) is 34.5. The van der Waals surface area contributed by atoms with Gasteiger partial charge in [0.2, 0.25) is 13.6 Å². The lowest BCUT2D eigenvalue weighted by atomic mass is 9.82. The van der Waals surface area contributed by atoms with E-state index in [1.807, 2.05) is 172 Å². The fourth-order valence-electron chi connectivity index (χ4n) is 14.8. The van der Waals surface area contributed by atoms with E-state index in [9.17, 15) is 9.18 Å². The number of carbonyl (C=O) groups excluding carboxylic acids is 1. The molecule has 5 aliphatic rings. The van der Waals surface area contributed by atoms with Crippen molar-refractivity contribution in [2.75, 3.05) is 45.3 Å². The third-order valence-corrected chi connectivity index (χ3v) is 21.8. The highest BCUT2D eigenvalue weighted by atomic mass is 19.2. The Hall–Kier alpha value is -13.0. The molecule has 0 aliphatic carbocycles. The summed E-state index contributed by atoms with van der Waals surface area (Å²) in [4.78, 5) is 38.8. The Balaban J connectivity index is 0.000000216. The molecule has 5 aliphatic heterocycles. The molecular formula is C129H170FN7O9. The molecular weight excluding hydrogens is 1810 g/mol. The van der Waals surface area contributed by atoms with Crippen LogP contribution in [0.15, 0.2) is 286 Å². The second-order valence-corrected chi connectivity index (χ2v) is 48.5. The molecule has 146 heavy (non-hydrogen) atoms. The molecule has 5 aromatic heterocycles. The fraction of sp³-hybridized carbons (Fsp3) is 0.419. The highest BCUT2D eigenvalue weighted by Crippen LogP contribution is 2.47. The minimum atomic E-state index is -2.04. The lowest BCUT2D eigenvalue weighted by molar-refractivity contribution is -0.173. The van der Waals surface area contributed by atoms with E-state index in [0.717, 1.165) is 80.8 Å². The number of hydrogen-bond acceptors (Lipinski definition) is 16. The summed E-state index contributed by atoms with van der Waals surface area (Å²) >= 11 is 0. The highest BCUT2D eigenvalue weighted by molar-refractivity contribution is 5.87. The van der Waals surface area contributed by atoms with Crippen molar-refractivity contribution in [3.8, 4) is 46.0 Å². The summed E-state index contributed by atoms with van der Waals surface area (Å²) in [5.74, 6) is 6.57. The summed E-state index contributed by atoms with van der Waals surface area (Å²) in [7, 11) is 2.11. The number of rotatable bonds is 0. The fourth-order valence-corrected chi connectivity index (χ4v) is 14.8. The van der Waals surface area contributed by atoms with Gasteiger partial charge in [-0.05, 0) is 183 Å². The predicted molar refractivity (Wildman–Crippen MR) is 612 cm³/mol. The van der Waals surface area contributed by atoms with Crippen LogP contribution in [0.25, 0.3) is 54.4 Å². The Labute approximate surface area is 875 Å². The number of ketones is 1. The molecule has 782 valence electrons. The third-order valence-electron chi connectivity index (χ3n) is 21.8. The van der Waals surface area contributed by atoms with E-state index < -0.39 is 6.04 Å². The first kappa shape index (κ1) is 120. The maximum atomic E-state index is 13.5. The van der Waals surface area contributed by atoms with Crippen molar-refractivity contribution in [1.82, 2.24) is 29.9 Å². The number of aromatic nitrogens is 6. The number of likely N-dealkylation sites (N-methyl/N-ethyl adjacent to an activating group) is 1. The van der Waals surface area contributed by atoms with Gasteiger partial charge in [-0.3, -0.25) is 34.7 Å².